The van der Waals surface area contributed by atoms with E-state index in [2.05, 4.69) is 26.5 Å². The molecule has 3 aromatic rings. The molecule has 34 heavy (non-hydrogen) atoms. The Morgan fingerprint density at radius 1 is 1.03 bits per heavy atom. The minimum absolute atomic E-state index is 0.112. The Bertz CT molecular complexity index is 1280. The van der Waals surface area contributed by atoms with Crippen molar-refractivity contribution in [3.05, 3.63) is 88.4 Å². The molecule has 1 N–H and O–H groups in total. The van der Waals surface area contributed by atoms with Gasteiger partial charge in [0.25, 0.3) is 5.91 Å². The Hall–Kier alpha value is -3.21. The summed E-state index contributed by atoms with van der Waals surface area (Å²) in [4.78, 5) is 12.7. The van der Waals surface area contributed by atoms with E-state index >= 15 is 0 Å². The molecule has 0 radical (unpaired) electrons. The molecule has 0 aromatic heterocycles. The summed E-state index contributed by atoms with van der Waals surface area (Å²) >= 11 is 3.31. The number of ether oxygens (including phenoxy) is 2. The average Bonchev–Trinajstić information content (AvgIpc) is 3.30. The van der Waals surface area contributed by atoms with Crippen molar-refractivity contribution >= 4 is 38.1 Å². The van der Waals surface area contributed by atoms with Gasteiger partial charge < -0.3 is 9.47 Å². The van der Waals surface area contributed by atoms with Gasteiger partial charge in [-0.15, -0.1) is 0 Å². The zero-order valence-corrected chi connectivity index (χ0v) is 20.5. The van der Waals surface area contributed by atoms with E-state index < -0.39 is 15.9 Å². The molecule has 1 aliphatic rings. The first-order valence-electron chi connectivity index (χ1n) is 10.4. The molecule has 0 saturated carbocycles. The van der Waals surface area contributed by atoms with E-state index in [1.807, 2.05) is 30.3 Å². The van der Waals surface area contributed by atoms with E-state index in [0.29, 0.717) is 23.5 Å². The number of hydrazone groups is 1. The minimum atomic E-state index is -3.90. The van der Waals surface area contributed by atoms with Crippen LogP contribution in [0.15, 0.2) is 87.3 Å². The summed E-state index contributed by atoms with van der Waals surface area (Å²) in [6.07, 6.45) is 1.92. The van der Waals surface area contributed by atoms with Crippen LogP contribution >= 0.6 is 15.9 Å². The number of amides is 1. The van der Waals surface area contributed by atoms with Crippen LogP contribution in [0.4, 0.5) is 0 Å². The Labute approximate surface area is 206 Å². The van der Waals surface area contributed by atoms with Crippen molar-refractivity contribution in [2.24, 2.45) is 5.10 Å². The lowest BCUT2D eigenvalue weighted by molar-refractivity contribution is -0.121. The minimum Gasteiger partial charge on any atom is -0.454 e. The van der Waals surface area contributed by atoms with Gasteiger partial charge in [0.15, 0.2) is 11.5 Å². The number of carbonyl (C=O) groups is 1. The van der Waals surface area contributed by atoms with Crippen LogP contribution in [0.5, 0.6) is 11.5 Å². The quantitative estimate of drug-likeness (QED) is 0.328. The maximum Gasteiger partial charge on any atom is 0.255 e. The zero-order chi connectivity index (χ0) is 24.0. The van der Waals surface area contributed by atoms with E-state index in [0.717, 1.165) is 14.3 Å². The molecule has 0 spiro atoms. The van der Waals surface area contributed by atoms with Crippen molar-refractivity contribution in [3.63, 3.8) is 0 Å². The highest BCUT2D eigenvalue weighted by Gasteiger charge is 2.26. The number of sulfonamides is 1. The first kappa shape index (κ1) is 23.9. The molecule has 0 atom stereocenters. The van der Waals surface area contributed by atoms with E-state index in [4.69, 9.17) is 9.47 Å². The van der Waals surface area contributed by atoms with Crippen LogP contribution in [0.25, 0.3) is 0 Å². The van der Waals surface area contributed by atoms with Crippen molar-refractivity contribution in [2.75, 3.05) is 19.9 Å². The van der Waals surface area contributed by atoms with Crippen LogP contribution in [0, 0.1) is 0 Å². The molecule has 8 nitrogen and oxygen atoms in total. The van der Waals surface area contributed by atoms with Crippen LogP contribution in [-0.2, 0) is 21.2 Å². The molecule has 0 saturated heterocycles. The molecule has 3 aromatic carbocycles. The second kappa shape index (κ2) is 10.8. The van der Waals surface area contributed by atoms with Crippen molar-refractivity contribution in [3.8, 4) is 11.5 Å². The molecule has 1 aliphatic heterocycles. The van der Waals surface area contributed by atoms with Gasteiger partial charge in [-0.25, -0.2) is 13.8 Å². The van der Waals surface area contributed by atoms with Gasteiger partial charge in [-0.05, 0) is 60.0 Å². The van der Waals surface area contributed by atoms with Gasteiger partial charge in [-0.1, -0.05) is 46.3 Å². The molecule has 0 fully saturated rings. The second-order valence-corrected chi connectivity index (χ2v) is 10.3. The smallest absolute Gasteiger partial charge is 0.255 e. The third-order valence-corrected chi connectivity index (χ3v) is 7.45. The summed E-state index contributed by atoms with van der Waals surface area (Å²) in [6, 6.07) is 21.1. The maximum absolute atomic E-state index is 13.3. The second-order valence-electron chi connectivity index (χ2n) is 7.43. The molecule has 176 valence electrons. The molecular weight excluding hydrogens is 522 g/mol. The number of rotatable bonds is 9. The fourth-order valence-electron chi connectivity index (χ4n) is 3.31. The van der Waals surface area contributed by atoms with Crippen LogP contribution < -0.4 is 14.9 Å². The van der Waals surface area contributed by atoms with Gasteiger partial charge in [-0.3, -0.25) is 4.79 Å². The van der Waals surface area contributed by atoms with E-state index in [1.165, 1.54) is 18.3 Å². The van der Waals surface area contributed by atoms with Crippen LogP contribution in [0.3, 0.4) is 0 Å². The Kier molecular flexibility index (Phi) is 7.61. The first-order chi connectivity index (χ1) is 16.4. The molecule has 1 heterocycles. The van der Waals surface area contributed by atoms with E-state index in [9.17, 15) is 13.2 Å². The highest BCUT2D eigenvalue weighted by Crippen LogP contribution is 2.32. The van der Waals surface area contributed by atoms with Gasteiger partial charge in [0.2, 0.25) is 16.8 Å². The third kappa shape index (κ3) is 6.02. The normalized spacial score (nSPS) is 12.9. The van der Waals surface area contributed by atoms with Crippen molar-refractivity contribution < 1.29 is 22.7 Å². The summed E-state index contributed by atoms with van der Waals surface area (Å²) in [5.74, 6) is 0.696. The SMILES string of the molecule is O=C(CN(CCc1ccccc1)S(=O)(=O)c1ccc(Br)cc1)N/N=C\c1ccc2c(c1)OCO2. The van der Waals surface area contributed by atoms with Gasteiger partial charge >= 0.3 is 0 Å². The lowest BCUT2D eigenvalue weighted by Gasteiger charge is -2.21. The fraction of sp³-hybridized carbons (Fsp3) is 0.167. The summed E-state index contributed by atoms with van der Waals surface area (Å²) in [5, 5.41) is 3.96. The number of nitrogens with one attached hydrogen (secondary N) is 1. The molecule has 1 amide bonds. The fourth-order valence-corrected chi connectivity index (χ4v) is 4.97. The lowest BCUT2D eigenvalue weighted by atomic mass is 10.1. The van der Waals surface area contributed by atoms with Crippen molar-refractivity contribution in [1.82, 2.24) is 9.73 Å². The largest absolute Gasteiger partial charge is 0.454 e. The van der Waals surface area contributed by atoms with Gasteiger partial charge in [-0.2, -0.15) is 9.41 Å². The standard InChI is InChI=1S/C24H22BrN3O5S/c25-20-7-9-21(10-8-20)34(30,31)28(13-12-18-4-2-1-3-5-18)16-24(29)27-26-15-19-6-11-22-23(14-19)33-17-32-22/h1-11,14-15H,12-13,16-17H2,(H,27,29)/b26-15-. The molecule has 4 rings (SSSR count). The van der Waals surface area contributed by atoms with E-state index in [1.54, 1.807) is 30.3 Å². The average molecular weight is 544 g/mol. The number of fused-ring (bicyclic) bond motifs is 1. The van der Waals surface area contributed by atoms with E-state index in [-0.39, 0.29) is 24.8 Å². The van der Waals surface area contributed by atoms with Gasteiger partial charge in [0.1, 0.15) is 0 Å². The highest BCUT2D eigenvalue weighted by atomic mass is 79.9. The Balaban J connectivity index is 1.45. The highest BCUT2D eigenvalue weighted by molar-refractivity contribution is 9.10. The van der Waals surface area contributed by atoms with Crippen LogP contribution in [-0.4, -0.2) is 44.7 Å². The first-order valence-corrected chi connectivity index (χ1v) is 12.7. The Morgan fingerprint density at radius 3 is 2.53 bits per heavy atom. The number of nitrogens with zero attached hydrogens (tertiary/aromatic N) is 2. The summed E-state index contributed by atoms with van der Waals surface area (Å²) in [6.45, 7) is -0.0657. The van der Waals surface area contributed by atoms with Crippen LogP contribution in [0.2, 0.25) is 0 Å². The molecular formula is C24H22BrN3O5S. The van der Waals surface area contributed by atoms with Gasteiger partial charge in [0, 0.05) is 11.0 Å². The van der Waals surface area contributed by atoms with Gasteiger partial charge in [0.05, 0.1) is 17.7 Å². The predicted molar refractivity (Wildman–Crippen MR) is 131 cm³/mol. The lowest BCUT2D eigenvalue weighted by Crippen LogP contribution is -2.40. The number of carbonyl (C=O) groups excluding carboxylic acids is 1. The monoisotopic (exact) mass is 543 g/mol. The third-order valence-electron chi connectivity index (χ3n) is 5.06. The number of hydrogen-bond donors (Lipinski definition) is 1. The Morgan fingerprint density at radius 2 is 1.76 bits per heavy atom. The molecule has 0 aliphatic carbocycles. The summed E-state index contributed by atoms with van der Waals surface area (Å²) < 4.78 is 39.1. The number of halogens is 1. The van der Waals surface area contributed by atoms with Crippen molar-refractivity contribution in [1.29, 1.82) is 0 Å². The molecule has 10 heteroatoms. The number of benzene rings is 3. The zero-order valence-electron chi connectivity index (χ0n) is 18.1. The summed E-state index contributed by atoms with van der Waals surface area (Å²) in [5.41, 5.74) is 4.08. The maximum atomic E-state index is 13.3. The predicted octanol–water partition coefficient (Wildman–Crippen LogP) is 3.56. The summed E-state index contributed by atoms with van der Waals surface area (Å²) in [7, 11) is -3.90. The molecule has 0 unspecified atom stereocenters. The number of hydrogen-bond acceptors (Lipinski definition) is 6. The van der Waals surface area contributed by atoms with Crippen molar-refractivity contribution in [2.45, 2.75) is 11.3 Å². The topological polar surface area (TPSA) is 97.3 Å². The van der Waals surface area contributed by atoms with Crippen LogP contribution in [0.1, 0.15) is 11.1 Å². The molecule has 0 bridgehead atoms.